The average Bonchev–Trinajstić information content (AvgIpc) is 2.08. The highest BCUT2D eigenvalue weighted by molar-refractivity contribution is 7.17. The van der Waals surface area contributed by atoms with Crippen molar-refractivity contribution in [2.75, 3.05) is 0 Å². The molecule has 0 aliphatic rings. The van der Waals surface area contributed by atoms with E-state index >= 15 is 0 Å². The maximum atomic E-state index is 10.3. The molecule has 0 amide bonds. The highest BCUT2D eigenvalue weighted by atomic mass is 31.1. The summed E-state index contributed by atoms with van der Waals surface area (Å²) in [6.45, 7) is 0. The second-order valence-corrected chi connectivity index (χ2v) is 2.71. The summed E-state index contributed by atoms with van der Waals surface area (Å²) in [6.07, 6.45) is -0.0185. The van der Waals surface area contributed by atoms with E-state index in [1.807, 2.05) is 0 Å². The van der Waals surface area contributed by atoms with Crippen molar-refractivity contribution in [2.24, 2.45) is 0 Å². The van der Waals surface area contributed by atoms with Crippen molar-refractivity contribution < 1.29 is 19.0 Å². The fourth-order valence-electron chi connectivity index (χ4n) is 0.886. The molecule has 68 valence electrons. The van der Waals surface area contributed by atoms with Crippen LogP contribution in [0.2, 0.25) is 0 Å². The number of carbonyl (C=O) groups is 1. The number of hydrogen-bond donors (Lipinski definition) is 1. The second kappa shape index (κ2) is 4.58. The molecule has 1 aromatic carbocycles. The molecule has 1 rings (SSSR count). The van der Waals surface area contributed by atoms with Gasteiger partial charge in [0.2, 0.25) is 0 Å². The first-order chi connectivity index (χ1) is 6.22. The quantitative estimate of drug-likeness (QED) is 0.750. The van der Waals surface area contributed by atoms with Gasteiger partial charge in [-0.05, 0) is 17.7 Å². The molecule has 5 heteroatoms. The molecule has 0 saturated carbocycles. The topological polar surface area (TPSA) is 63.6 Å². The van der Waals surface area contributed by atoms with Gasteiger partial charge in [0.1, 0.15) is 5.75 Å². The average molecular weight is 198 g/mol. The molecule has 0 fully saturated rings. The van der Waals surface area contributed by atoms with Gasteiger partial charge in [0.15, 0.2) is 0 Å². The molecular formula is C8H7O4P. The van der Waals surface area contributed by atoms with Gasteiger partial charge in [-0.2, -0.15) is 0 Å². The second-order valence-electron chi connectivity index (χ2n) is 2.38. The van der Waals surface area contributed by atoms with Crippen molar-refractivity contribution in [1.82, 2.24) is 0 Å². The number of hydrogen-bond acceptors (Lipinski definition) is 3. The van der Waals surface area contributed by atoms with E-state index < -0.39 is 14.7 Å². The Kier molecular flexibility index (Phi) is 3.41. The molecule has 0 saturated heterocycles. The van der Waals surface area contributed by atoms with Crippen LogP contribution in [0.5, 0.6) is 5.75 Å². The highest BCUT2D eigenvalue weighted by Gasteiger charge is 2.00. The van der Waals surface area contributed by atoms with E-state index in [1.54, 1.807) is 24.3 Å². The molecule has 13 heavy (non-hydrogen) atoms. The molecule has 0 bridgehead atoms. The maximum Gasteiger partial charge on any atom is 0.395 e. The SMILES string of the molecule is O=POc1ccc(CC(=O)O)cc1. The van der Waals surface area contributed by atoms with Gasteiger partial charge in [0.25, 0.3) is 0 Å². The predicted octanol–water partition coefficient (Wildman–Crippen LogP) is 1.90. The molecule has 0 heterocycles. The van der Waals surface area contributed by atoms with Crippen LogP contribution >= 0.6 is 8.69 Å². The van der Waals surface area contributed by atoms with Crippen molar-refractivity contribution in [2.45, 2.75) is 6.42 Å². The molecule has 4 nitrogen and oxygen atoms in total. The van der Waals surface area contributed by atoms with Crippen LogP contribution in [0.1, 0.15) is 5.56 Å². The zero-order chi connectivity index (χ0) is 9.68. The van der Waals surface area contributed by atoms with Crippen molar-refractivity contribution in [1.29, 1.82) is 0 Å². The summed E-state index contributed by atoms with van der Waals surface area (Å²) < 4.78 is 14.7. The first-order valence-electron chi connectivity index (χ1n) is 3.53. The van der Waals surface area contributed by atoms with Crippen LogP contribution in [-0.2, 0) is 15.8 Å². The standard InChI is InChI=1S/C8H7O4P/c9-8(10)5-6-1-3-7(4-2-6)12-13-11/h1-4H,5H2,(H,9,10). The third-order valence-electron chi connectivity index (χ3n) is 1.42. The third kappa shape index (κ3) is 3.22. The highest BCUT2D eigenvalue weighted by Crippen LogP contribution is 2.15. The van der Waals surface area contributed by atoms with E-state index in [4.69, 9.17) is 5.11 Å². The summed E-state index contributed by atoms with van der Waals surface area (Å²) in [5.41, 5.74) is 0.683. The van der Waals surface area contributed by atoms with Gasteiger partial charge in [-0.1, -0.05) is 12.1 Å². The van der Waals surface area contributed by atoms with E-state index in [0.29, 0.717) is 11.3 Å². The van der Waals surface area contributed by atoms with E-state index in [1.165, 1.54) is 0 Å². The lowest BCUT2D eigenvalue weighted by molar-refractivity contribution is -0.136. The van der Waals surface area contributed by atoms with Crippen LogP contribution in [0.3, 0.4) is 0 Å². The van der Waals surface area contributed by atoms with Gasteiger partial charge in [0.05, 0.1) is 6.42 Å². The lowest BCUT2D eigenvalue weighted by Crippen LogP contribution is -1.99. The molecule has 1 N–H and O–H groups in total. The van der Waals surface area contributed by atoms with Crippen LogP contribution in [0.15, 0.2) is 24.3 Å². The molecular weight excluding hydrogens is 191 g/mol. The number of benzene rings is 1. The van der Waals surface area contributed by atoms with E-state index in [0.717, 1.165) is 0 Å². The zero-order valence-corrected chi connectivity index (χ0v) is 7.53. The Morgan fingerprint density at radius 2 is 2.00 bits per heavy atom. The minimum Gasteiger partial charge on any atom is -0.481 e. The summed E-state index contributed by atoms with van der Waals surface area (Å²) in [7, 11) is -0.415. The monoisotopic (exact) mass is 198 g/mol. The van der Waals surface area contributed by atoms with Crippen molar-refractivity contribution in [3.05, 3.63) is 29.8 Å². The molecule has 0 aliphatic carbocycles. The smallest absolute Gasteiger partial charge is 0.395 e. The third-order valence-corrected chi connectivity index (χ3v) is 1.71. The molecule has 0 aliphatic heterocycles. The van der Waals surface area contributed by atoms with Crippen LogP contribution < -0.4 is 4.52 Å². The van der Waals surface area contributed by atoms with Gasteiger partial charge in [0, 0.05) is 0 Å². The van der Waals surface area contributed by atoms with Gasteiger partial charge in [-0.15, -0.1) is 0 Å². The normalized spacial score (nSPS) is 9.85. The lowest BCUT2D eigenvalue weighted by atomic mass is 10.1. The Hall–Kier alpha value is -1.41. The first kappa shape index (κ1) is 9.68. The zero-order valence-electron chi connectivity index (χ0n) is 6.64. The van der Waals surface area contributed by atoms with Crippen LogP contribution in [0.25, 0.3) is 0 Å². The van der Waals surface area contributed by atoms with Crippen molar-refractivity contribution in [3.63, 3.8) is 0 Å². The molecule has 0 unspecified atom stereocenters. The summed E-state index contributed by atoms with van der Waals surface area (Å²) in [6, 6.07) is 6.38. The number of carboxylic acid groups (broad SMARTS) is 1. The molecule has 0 spiro atoms. The molecule has 0 radical (unpaired) electrons. The Labute approximate surface area is 76.4 Å². The summed E-state index contributed by atoms with van der Waals surface area (Å²) in [5.74, 6) is -0.429. The largest absolute Gasteiger partial charge is 0.481 e. The predicted molar refractivity (Wildman–Crippen MR) is 46.0 cm³/mol. The fourth-order valence-corrected chi connectivity index (χ4v) is 1.09. The van der Waals surface area contributed by atoms with Crippen molar-refractivity contribution in [3.8, 4) is 5.75 Å². The van der Waals surface area contributed by atoms with E-state index in [9.17, 15) is 9.36 Å². The number of aliphatic carboxylic acids is 1. The molecule has 0 aromatic heterocycles. The van der Waals surface area contributed by atoms with Crippen LogP contribution in [0, 0.1) is 0 Å². The van der Waals surface area contributed by atoms with Gasteiger partial charge in [-0.25, -0.2) is 4.57 Å². The molecule has 0 atom stereocenters. The van der Waals surface area contributed by atoms with Gasteiger partial charge >= 0.3 is 14.7 Å². The van der Waals surface area contributed by atoms with Gasteiger partial charge < -0.3 is 9.63 Å². The minimum absolute atomic E-state index is 0.0185. The van der Waals surface area contributed by atoms with E-state index in [-0.39, 0.29) is 6.42 Å². The Morgan fingerprint density at radius 3 is 2.46 bits per heavy atom. The van der Waals surface area contributed by atoms with Crippen LogP contribution in [0.4, 0.5) is 0 Å². The molecule has 1 aromatic rings. The Bertz CT molecular complexity index is 306. The first-order valence-corrected chi connectivity index (χ1v) is 4.26. The summed E-state index contributed by atoms with van der Waals surface area (Å²) in [4.78, 5) is 10.3. The lowest BCUT2D eigenvalue weighted by Gasteiger charge is -1.98. The Morgan fingerprint density at radius 1 is 1.38 bits per heavy atom. The number of carboxylic acids is 1. The van der Waals surface area contributed by atoms with E-state index in [2.05, 4.69) is 4.52 Å². The van der Waals surface area contributed by atoms with Crippen LogP contribution in [-0.4, -0.2) is 11.1 Å². The van der Waals surface area contributed by atoms with Crippen molar-refractivity contribution >= 4 is 14.7 Å². The summed E-state index contributed by atoms with van der Waals surface area (Å²) >= 11 is 0. The fraction of sp³-hybridized carbons (Fsp3) is 0.125. The summed E-state index contributed by atoms with van der Waals surface area (Å²) in [5, 5.41) is 8.46. The Balaban J connectivity index is 2.69. The minimum atomic E-state index is -0.879. The van der Waals surface area contributed by atoms with Gasteiger partial charge in [-0.3, -0.25) is 4.79 Å². The number of rotatable bonds is 4. The maximum absolute atomic E-state index is 10.3.